The maximum absolute atomic E-state index is 13.2. The molecular weight excluding hydrogens is 391 g/mol. The predicted octanol–water partition coefficient (Wildman–Crippen LogP) is 2.62. The molecule has 0 spiro atoms. The number of hydrogen-bond donors (Lipinski definition) is 2. The molecule has 27 heavy (non-hydrogen) atoms. The molecule has 1 aliphatic rings. The molecule has 3 rings (SSSR count). The fourth-order valence-corrected chi connectivity index (χ4v) is 5.03. The Morgan fingerprint density at radius 1 is 1.04 bits per heavy atom. The van der Waals surface area contributed by atoms with Crippen molar-refractivity contribution in [3.63, 3.8) is 0 Å². The van der Waals surface area contributed by atoms with Crippen LogP contribution in [0.5, 0.6) is 0 Å². The first kappa shape index (κ1) is 19.8. The van der Waals surface area contributed by atoms with Gasteiger partial charge in [-0.3, -0.25) is 0 Å². The topological polar surface area (TPSA) is 106 Å². The second kappa shape index (κ2) is 7.21. The van der Waals surface area contributed by atoms with E-state index >= 15 is 0 Å². The van der Waals surface area contributed by atoms with Gasteiger partial charge >= 0.3 is 0 Å². The van der Waals surface area contributed by atoms with Crippen LogP contribution in [0.1, 0.15) is 30.7 Å². The van der Waals surface area contributed by atoms with E-state index in [0.29, 0.717) is 5.69 Å². The van der Waals surface area contributed by atoms with Gasteiger partial charge in [-0.15, -0.1) is 0 Å². The zero-order chi connectivity index (χ0) is 19.8. The van der Waals surface area contributed by atoms with Gasteiger partial charge in [0.05, 0.1) is 15.5 Å². The Morgan fingerprint density at radius 2 is 1.70 bits per heavy atom. The number of benzene rings is 2. The number of hydrogen-bond acceptors (Lipinski definition) is 5. The van der Waals surface area contributed by atoms with Gasteiger partial charge in [-0.1, -0.05) is 18.6 Å². The molecule has 1 fully saturated rings. The van der Waals surface area contributed by atoms with E-state index in [0.717, 1.165) is 37.1 Å². The van der Waals surface area contributed by atoms with Crippen molar-refractivity contribution in [2.24, 2.45) is 5.14 Å². The van der Waals surface area contributed by atoms with Crippen LogP contribution in [0.15, 0.2) is 52.3 Å². The number of primary sulfonamides is 1. The van der Waals surface area contributed by atoms with Gasteiger partial charge in [-0.2, -0.15) is 0 Å². The molecule has 6 nitrogen and oxygen atoms in total. The van der Waals surface area contributed by atoms with Crippen molar-refractivity contribution in [1.29, 1.82) is 0 Å². The highest BCUT2D eigenvalue weighted by atomic mass is 32.2. The van der Waals surface area contributed by atoms with Crippen molar-refractivity contribution in [2.45, 2.75) is 41.0 Å². The first-order valence-electron chi connectivity index (χ1n) is 8.44. The molecule has 0 amide bonds. The Hall–Kier alpha value is -1.97. The van der Waals surface area contributed by atoms with E-state index in [4.69, 9.17) is 5.14 Å². The first-order chi connectivity index (χ1) is 12.6. The van der Waals surface area contributed by atoms with Crippen molar-refractivity contribution in [2.75, 3.05) is 11.6 Å². The maximum Gasteiger partial charge on any atom is 0.238 e. The first-order valence-corrected chi connectivity index (χ1v) is 11.9. The highest BCUT2D eigenvalue weighted by Gasteiger charge is 2.30. The molecule has 0 aliphatic heterocycles. The second-order valence-electron chi connectivity index (χ2n) is 6.81. The van der Waals surface area contributed by atoms with Crippen LogP contribution in [-0.4, -0.2) is 29.1 Å². The Morgan fingerprint density at radius 3 is 2.30 bits per heavy atom. The third-order valence-corrected chi connectivity index (χ3v) is 6.88. The zero-order valence-corrected chi connectivity index (χ0v) is 16.4. The lowest BCUT2D eigenvalue weighted by molar-refractivity contribution is 0.596. The van der Waals surface area contributed by atoms with E-state index < -0.39 is 19.9 Å². The molecule has 0 saturated heterocycles. The number of nitrogens with two attached hydrogens (primary N) is 1. The lowest BCUT2D eigenvalue weighted by Crippen LogP contribution is -2.24. The van der Waals surface area contributed by atoms with Gasteiger partial charge in [0.25, 0.3) is 0 Å². The lowest BCUT2D eigenvalue weighted by Gasteiger charge is -2.24. The molecule has 1 aliphatic carbocycles. The van der Waals surface area contributed by atoms with Crippen molar-refractivity contribution in [3.05, 3.63) is 53.8 Å². The lowest BCUT2D eigenvalue weighted by atomic mass is 9.94. The minimum atomic E-state index is -4.02. The highest BCUT2D eigenvalue weighted by molar-refractivity contribution is 7.91. The molecule has 1 saturated carbocycles. The fraction of sp³-hybridized carbons (Fsp3) is 0.333. The van der Waals surface area contributed by atoms with Gasteiger partial charge < -0.3 is 5.32 Å². The van der Waals surface area contributed by atoms with Crippen molar-refractivity contribution in [3.8, 4) is 0 Å². The molecular formula is C18H21FN2O4S2. The third kappa shape index (κ3) is 4.48. The van der Waals surface area contributed by atoms with Gasteiger partial charge in [-0.05, 0) is 48.7 Å². The van der Waals surface area contributed by atoms with Crippen LogP contribution < -0.4 is 10.5 Å². The molecule has 2 atom stereocenters. The summed E-state index contributed by atoms with van der Waals surface area (Å²) in [5.74, 6) is -0.199. The van der Waals surface area contributed by atoms with Crippen LogP contribution in [0, 0.1) is 5.82 Å². The standard InChI is InChI=1S/C18H21FN2O4S2/c1-26(22,23)18-11-14(27(20,24)25)9-10-17(18)21-16-4-2-3-15(16)12-5-7-13(19)8-6-12/h5-11,15-16,21H,2-4H2,1H3,(H2,20,24,25). The van der Waals surface area contributed by atoms with E-state index in [-0.39, 0.29) is 27.6 Å². The largest absolute Gasteiger partial charge is 0.381 e. The fourth-order valence-electron chi connectivity index (χ4n) is 3.55. The van der Waals surface area contributed by atoms with Crippen molar-refractivity contribution < 1.29 is 21.2 Å². The summed E-state index contributed by atoms with van der Waals surface area (Å²) in [5.41, 5.74) is 1.32. The predicted molar refractivity (Wildman–Crippen MR) is 101 cm³/mol. The van der Waals surface area contributed by atoms with E-state index in [1.165, 1.54) is 24.3 Å². The molecule has 3 N–H and O–H groups in total. The van der Waals surface area contributed by atoms with Crippen LogP contribution in [-0.2, 0) is 19.9 Å². The van der Waals surface area contributed by atoms with Crippen molar-refractivity contribution in [1.82, 2.24) is 0 Å². The van der Waals surface area contributed by atoms with Crippen LogP contribution >= 0.6 is 0 Å². The Labute approximate surface area is 158 Å². The summed E-state index contributed by atoms with van der Waals surface area (Å²) in [6, 6.07) is 10.0. The molecule has 2 aromatic carbocycles. The Kier molecular flexibility index (Phi) is 5.29. The number of sulfonamides is 1. The van der Waals surface area contributed by atoms with Gasteiger partial charge in [0.15, 0.2) is 9.84 Å². The summed E-state index contributed by atoms with van der Waals surface area (Å²) < 4.78 is 60.7. The van der Waals surface area contributed by atoms with Crippen LogP contribution in [0.25, 0.3) is 0 Å². The molecule has 146 valence electrons. The monoisotopic (exact) mass is 412 g/mol. The number of sulfone groups is 1. The van der Waals surface area contributed by atoms with E-state index in [2.05, 4.69) is 5.32 Å². The van der Waals surface area contributed by atoms with Gasteiger partial charge in [0, 0.05) is 18.2 Å². The van der Waals surface area contributed by atoms with Crippen LogP contribution in [0.4, 0.5) is 10.1 Å². The zero-order valence-electron chi connectivity index (χ0n) is 14.7. The minimum absolute atomic E-state index is 0.0451. The van der Waals surface area contributed by atoms with E-state index in [9.17, 15) is 21.2 Å². The highest BCUT2D eigenvalue weighted by Crippen LogP contribution is 2.38. The molecule has 9 heteroatoms. The normalized spacial score (nSPS) is 20.6. The smallest absolute Gasteiger partial charge is 0.238 e. The maximum atomic E-state index is 13.2. The van der Waals surface area contributed by atoms with Gasteiger partial charge in [-0.25, -0.2) is 26.4 Å². The summed E-state index contributed by atoms with van der Waals surface area (Å²) >= 11 is 0. The summed E-state index contributed by atoms with van der Waals surface area (Å²) in [6.45, 7) is 0. The quantitative estimate of drug-likeness (QED) is 0.785. The van der Waals surface area contributed by atoms with Crippen LogP contribution in [0.2, 0.25) is 0 Å². The molecule has 0 heterocycles. The second-order valence-corrected chi connectivity index (χ2v) is 10.4. The summed E-state index contributed by atoms with van der Waals surface area (Å²) in [5, 5.41) is 8.37. The minimum Gasteiger partial charge on any atom is -0.381 e. The average Bonchev–Trinajstić information content (AvgIpc) is 3.02. The van der Waals surface area contributed by atoms with Gasteiger partial charge in [0.2, 0.25) is 10.0 Å². The van der Waals surface area contributed by atoms with Crippen molar-refractivity contribution >= 4 is 25.5 Å². The van der Waals surface area contributed by atoms with Gasteiger partial charge in [0.1, 0.15) is 5.82 Å². The van der Waals surface area contributed by atoms with Crippen LogP contribution in [0.3, 0.4) is 0 Å². The number of anilines is 1. The average molecular weight is 413 g/mol. The number of nitrogens with one attached hydrogen (secondary N) is 1. The molecule has 0 aromatic heterocycles. The molecule has 2 aromatic rings. The SMILES string of the molecule is CS(=O)(=O)c1cc(S(N)(=O)=O)ccc1NC1CCCC1c1ccc(F)cc1. The van der Waals surface area contributed by atoms with E-state index in [1.807, 2.05) is 0 Å². The Balaban J connectivity index is 1.95. The summed E-state index contributed by atoms with van der Waals surface area (Å²) in [6.07, 6.45) is 3.69. The third-order valence-electron chi connectivity index (χ3n) is 4.84. The molecule has 2 unspecified atom stereocenters. The number of rotatable bonds is 5. The summed E-state index contributed by atoms with van der Waals surface area (Å²) in [7, 11) is -7.69. The van der Waals surface area contributed by atoms with E-state index in [1.54, 1.807) is 12.1 Å². The Bertz CT molecular complexity index is 1050. The summed E-state index contributed by atoms with van der Waals surface area (Å²) in [4.78, 5) is -0.367. The number of halogens is 1. The molecule has 0 radical (unpaired) electrons. The molecule has 0 bridgehead atoms.